The van der Waals surface area contributed by atoms with E-state index in [1.807, 2.05) is 24.4 Å². The highest BCUT2D eigenvalue weighted by molar-refractivity contribution is 7.10. The van der Waals surface area contributed by atoms with Crippen molar-refractivity contribution < 1.29 is 14.5 Å². The summed E-state index contributed by atoms with van der Waals surface area (Å²) < 4.78 is 4.91. The molecule has 110 valence electrons. The summed E-state index contributed by atoms with van der Waals surface area (Å²) >= 11 is 1.54. The third kappa shape index (κ3) is 3.38. The second-order valence-electron chi connectivity index (χ2n) is 4.35. The maximum atomic E-state index is 12.2. The molecule has 0 saturated carbocycles. The summed E-state index contributed by atoms with van der Waals surface area (Å²) in [5.41, 5.74) is -0.000155. The van der Waals surface area contributed by atoms with Gasteiger partial charge in [0.05, 0.1) is 18.1 Å². The summed E-state index contributed by atoms with van der Waals surface area (Å²) in [7, 11) is 1.35. The molecule has 0 unspecified atom stereocenters. The third-order valence-corrected chi connectivity index (χ3v) is 4.01. The highest BCUT2D eigenvalue weighted by atomic mass is 32.1. The number of rotatable bonds is 5. The number of nitrogens with one attached hydrogen (secondary N) is 1. The standard InChI is InChI=1S/C14H14N2O4S/c1-9(13-4-3-7-21-13)15-14(17)10-5-6-12(20-2)11(8-10)16(18)19/h3-9H,1-2H3,(H,15,17)/t9-/m1/s1. The highest BCUT2D eigenvalue weighted by Gasteiger charge is 2.19. The number of benzene rings is 1. The minimum absolute atomic E-state index is 0.128. The van der Waals surface area contributed by atoms with Crippen molar-refractivity contribution in [2.45, 2.75) is 13.0 Å². The summed E-state index contributed by atoms with van der Waals surface area (Å²) in [5.74, 6) is -0.232. The van der Waals surface area contributed by atoms with Crippen LogP contribution in [0, 0.1) is 10.1 Å². The predicted octanol–water partition coefficient (Wildman–Crippen LogP) is 3.16. The third-order valence-electron chi connectivity index (χ3n) is 2.96. The lowest BCUT2D eigenvalue weighted by molar-refractivity contribution is -0.385. The van der Waals surface area contributed by atoms with Gasteiger partial charge in [-0.15, -0.1) is 11.3 Å². The Morgan fingerprint density at radius 2 is 2.19 bits per heavy atom. The summed E-state index contributed by atoms with van der Waals surface area (Å²) in [4.78, 5) is 23.6. The molecule has 0 aliphatic rings. The minimum Gasteiger partial charge on any atom is -0.490 e. The van der Waals surface area contributed by atoms with E-state index in [-0.39, 0.29) is 28.9 Å². The van der Waals surface area contributed by atoms with Gasteiger partial charge >= 0.3 is 5.69 Å². The lowest BCUT2D eigenvalue weighted by atomic mass is 10.1. The van der Waals surface area contributed by atoms with Crippen LogP contribution in [0.15, 0.2) is 35.7 Å². The fourth-order valence-corrected chi connectivity index (χ4v) is 2.60. The number of ether oxygens (including phenoxy) is 1. The zero-order valence-corrected chi connectivity index (χ0v) is 12.3. The van der Waals surface area contributed by atoms with E-state index in [1.165, 1.54) is 36.6 Å². The van der Waals surface area contributed by atoms with Gasteiger partial charge in [0.2, 0.25) is 0 Å². The van der Waals surface area contributed by atoms with E-state index >= 15 is 0 Å². The van der Waals surface area contributed by atoms with E-state index in [0.717, 1.165) is 4.88 Å². The highest BCUT2D eigenvalue weighted by Crippen LogP contribution is 2.28. The molecule has 2 aromatic rings. The van der Waals surface area contributed by atoms with Crippen LogP contribution < -0.4 is 10.1 Å². The number of carbonyl (C=O) groups excluding carboxylic acids is 1. The first kappa shape index (κ1) is 15.0. The summed E-state index contributed by atoms with van der Waals surface area (Å²) in [6.45, 7) is 1.86. The van der Waals surface area contributed by atoms with Crippen LogP contribution in [0.4, 0.5) is 5.69 Å². The number of methoxy groups -OCH3 is 1. The average molecular weight is 306 g/mol. The Morgan fingerprint density at radius 1 is 1.43 bits per heavy atom. The van der Waals surface area contributed by atoms with Gasteiger partial charge in [0.25, 0.3) is 5.91 Å². The molecule has 1 aromatic carbocycles. The lowest BCUT2D eigenvalue weighted by Gasteiger charge is -2.12. The van der Waals surface area contributed by atoms with Gasteiger partial charge in [0.15, 0.2) is 5.75 Å². The number of hydrogen-bond acceptors (Lipinski definition) is 5. The van der Waals surface area contributed by atoms with Gasteiger partial charge in [-0.05, 0) is 30.5 Å². The second-order valence-corrected chi connectivity index (χ2v) is 5.33. The number of nitro benzene ring substituents is 1. The minimum atomic E-state index is -0.571. The molecular formula is C14H14N2O4S. The van der Waals surface area contributed by atoms with Crippen LogP contribution in [0.25, 0.3) is 0 Å². The Morgan fingerprint density at radius 3 is 2.76 bits per heavy atom. The SMILES string of the molecule is COc1ccc(C(=O)N[C@H](C)c2cccs2)cc1[N+](=O)[O-]. The molecule has 0 aliphatic carbocycles. The van der Waals surface area contributed by atoms with E-state index in [1.54, 1.807) is 0 Å². The van der Waals surface area contributed by atoms with Crippen molar-refractivity contribution >= 4 is 22.9 Å². The van der Waals surface area contributed by atoms with Gasteiger partial charge in [0, 0.05) is 16.5 Å². The van der Waals surface area contributed by atoms with Gasteiger partial charge in [-0.2, -0.15) is 0 Å². The number of amides is 1. The molecule has 1 amide bonds. The van der Waals surface area contributed by atoms with Crippen molar-refractivity contribution in [1.82, 2.24) is 5.32 Å². The van der Waals surface area contributed by atoms with Crippen LogP contribution in [-0.2, 0) is 0 Å². The van der Waals surface area contributed by atoms with Crippen molar-refractivity contribution in [3.63, 3.8) is 0 Å². The van der Waals surface area contributed by atoms with E-state index in [0.29, 0.717) is 0 Å². The summed E-state index contributed by atoms with van der Waals surface area (Å²) in [6, 6.07) is 7.81. The van der Waals surface area contributed by atoms with Gasteiger partial charge in [-0.25, -0.2) is 0 Å². The van der Waals surface area contributed by atoms with Gasteiger partial charge in [-0.1, -0.05) is 6.07 Å². The van der Waals surface area contributed by atoms with Gasteiger partial charge < -0.3 is 10.1 Å². The Labute approximate surface area is 125 Å². The monoisotopic (exact) mass is 306 g/mol. The summed E-state index contributed by atoms with van der Waals surface area (Å²) in [6.07, 6.45) is 0. The molecule has 1 aromatic heterocycles. The maximum absolute atomic E-state index is 12.2. The topological polar surface area (TPSA) is 81.5 Å². The average Bonchev–Trinajstić information content (AvgIpc) is 3.00. The molecule has 1 N–H and O–H groups in total. The molecule has 0 aliphatic heterocycles. The Balaban J connectivity index is 2.19. The van der Waals surface area contributed by atoms with Crippen LogP contribution in [-0.4, -0.2) is 17.9 Å². The Kier molecular flexibility index (Phi) is 4.54. The molecule has 0 bridgehead atoms. The van der Waals surface area contributed by atoms with E-state index in [4.69, 9.17) is 4.74 Å². The second kappa shape index (κ2) is 6.36. The fraction of sp³-hybridized carbons (Fsp3) is 0.214. The lowest BCUT2D eigenvalue weighted by Crippen LogP contribution is -2.26. The molecule has 0 saturated heterocycles. The molecule has 0 fully saturated rings. The molecule has 1 atom stereocenters. The first-order valence-electron chi connectivity index (χ1n) is 6.19. The van der Waals surface area contributed by atoms with Crippen LogP contribution in [0.3, 0.4) is 0 Å². The van der Waals surface area contributed by atoms with Crippen LogP contribution in [0.5, 0.6) is 5.75 Å². The van der Waals surface area contributed by atoms with Crippen LogP contribution in [0.2, 0.25) is 0 Å². The Hall–Kier alpha value is -2.41. The number of hydrogen-bond donors (Lipinski definition) is 1. The smallest absolute Gasteiger partial charge is 0.311 e. The first-order chi connectivity index (χ1) is 10.0. The first-order valence-corrected chi connectivity index (χ1v) is 7.07. The molecular weight excluding hydrogens is 292 g/mol. The maximum Gasteiger partial charge on any atom is 0.311 e. The molecule has 0 radical (unpaired) electrons. The predicted molar refractivity (Wildman–Crippen MR) is 79.8 cm³/mol. The Bertz CT molecular complexity index is 655. The molecule has 7 heteroatoms. The van der Waals surface area contributed by atoms with Crippen molar-refractivity contribution in [1.29, 1.82) is 0 Å². The fourth-order valence-electron chi connectivity index (χ4n) is 1.86. The number of thiophene rings is 1. The van der Waals surface area contributed by atoms with Crippen molar-refractivity contribution in [2.24, 2.45) is 0 Å². The molecule has 21 heavy (non-hydrogen) atoms. The van der Waals surface area contributed by atoms with Gasteiger partial charge in [-0.3, -0.25) is 14.9 Å². The van der Waals surface area contributed by atoms with Gasteiger partial charge in [0.1, 0.15) is 0 Å². The van der Waals surface area contributed by atoms with E-state index < -0.39 is 4.92 Å². The number of nitrogens with zero attached hydrogens (tertiary/aromatic N) is 1. The number of carbonyl (C=O) groups is 1. The molecule has 1 heterocycles. The number of nitro groups is 1. The van der Waals surface area contributed by atoms with Crippen LogP contribution in [0.1, 0.15) is 28.2 Å². The molecule has 6 nitrogen and oxygen atoms in total. The summed E-state index contributed by atoms with van der Waals surface area (Å²) in [5, 5.41) is 15.7. The van der Waals surface area contributed by atoms with Crippen molar-refractivity contribution in [3.05, 3.63) is 56.3 Å². The van der Waals surface area contributed by atoms with E-state index in [2.05, 4.69) is 5.32 Å². The van der Waals surface area contributed by atoms with Crippen molar-refractivity contribution in [3.8, 4) is 5.75 Å². The quantitative estimate of drug-likeness (QED) is 0.679. The zero-order valence-electron chi connectivity index (χ0n) is 11.5. The molecule has 0 spiro atoms. The largest absolute Gasteiger partial charge is 0.490 e. The van der Waals surface area contributed by atoms with Crippen LogP contribution >= 0.6 is 11.3 Å². The molecule has 2 rings (SSSR count). The normalized spacial score (nSPS) is 11.7. The van der Waals surface area contributed by atoms with Crippen molar-refractivity contribution in [2.75, 3.05) is 7.11 Å². The van der Waals surface area contributed by atoms with E-state index in [9.17, 15) is 14.9 Å². The zero-order chi connectivity index (χ0) is 15.4.